The van der Waals surface area contributed by atoms with Gasteiger partial charge >= 0.3 is 0 Å². The number of ether oxygens (including phenoxy) is 1. The van der Waals surface area contributed by atoms with Gasteiger partial charge in [-0.2, -0.15) is 5.26 Å². The monoisotopic (exact) mass is 245 g/mol. The predicted molar refractivity (Wildman–Crippen MR) is 64.3 cm³/mol. The number of nitriles is 1. The average Bonchev–Trinajstić information content (AvgIpc) is 2.36. The van der Waals surface area contributed by atoms with Crippen molar-refractivity contribution in [3.8, 4) is 23.3 Å². The van der Waals surface area contributed by atoms with Crippen LogP contribution in [0, 0.1) is 11.3 Å². The molecule has 0 fully saturated rings. The lowest BCUT2D eigenvalue weighted by atomic mass is 10.2. The van der Waals surface area contributed by atoms with Crippen LogP contribution >= 0.6 is 11.6 Å². The van der Waals surface area contributed by atoms with Gasteiger partial charge in [-0.25, -0.2) is 0 Å². The van der Waals surface area contributed by atoms with E-state index in [4.69, 9.17) is 21.6 Å². The molecule has 0 aromatic heterocycles. The van der Waals surface area contributed by atoms with Crippen LogP contribution in [0.15, 0.2) is 42.5 Å². The standard InChI is InChI=1S/C13H8ClNO2/c14-13-11(16)2-1-3-12(13)17-10-6-4-9(8-15)5-7-10/h1-7,16H. The molecule has 0 aliphatic carbocycles. The number of phenols is 1. The Morgan fingerprint density at radius 1 is 1.12 bits per heavy atom. The van der Waals surface area contributed by atoms with Crippen LogP contribution in [-0.2, 0) is 0 Å². The van der Waals surface area contributed by atoms with E-state index in [0.717, 1.165) is 0 Å². The Balaban J connectivity index is 2.26. The Bertz CT molecular complexity index is 573. The summed E-state index contributed by atoms with van der Waals surface area (Å²) in [5.74, 6) is 0.894. The van der Waals surface area contributed by atoms with Crippen molar-refractivity contribution < 1.29 is 9.84 Å². The Morgan fingerprint density at radius 2 is 1.82 bits per heavy atom. The van der Waals surface area contributed by atoms with Gasteiger partial charge in [-0.05, 0) is 36.4 Å². The van der Waals surface area contributed by atoms with Gasteiger partial charge in [0, 0.05) is 0 Å². The number of hydrogen-bond acceptors (Lipinski definition) is 3. The second kappa shape index (κ2) is 4.77. The van der Waals surface area contributed by atoms with Crippen LogP contribution in [0.5, 0.6) is 17.2 Å². The van der Waals surface area contributed by atoms with E-state index in [1.165, 1.54) is 6.07 Å². The number of rotatable bonds is 2. The molecule has 84 valence electrons. The third kappa shape index (κ3) is 2.49. The molecule has 2 rings (SSSR count). The number of benzene rings is 2. The van der Waals surface area contributed by atoms with Crippen molar-refractivity contribution in [1.29, 1.82) is 5.26 Å². The fourth-order valence-electron chi connectivity index (χ4n) is 1.30. The Labute approximate surface area is 103 Å². The first-order chi connectivity index (χ1) is 8.20. The van der Waals surface area contributed by atoms with E-state index in [0.29, 0.717) is 17.1 Å². The summed E-state index contributed by atoms with van der Waals surface area (Å²) in [6.07, 6.45) is 0. The second-order valence-electron chi connectivity index (χ2n) is 3.33. The van der Waals surface area contributed by atoms with Crippen LogP contribution < -0.4 is 4.74 Å². The van der Waals surface area contributed by atoms with Crippen molar-refractivity contribution in [2.24, 2.45) is 0 Å². The predicted octanol–water partition coefficient (Wildman–Crippen LogP) is 3.71. The first-order valence-corrected chi connectivity index (χ1v) is 5.24. The number of aromatic hydroxyl groups is 1. The molecule has 0 radical (unpaired) electrons. The molecule has 0 heterocycles. The summed E-state index contributed by atoms with van der Waals surface area (Å²) in [7, 11) is 0. The molecule has 4 heteroatoms. The van der Waals surface area contributed by atoms with Gasteiger partial charge in [0.25, 0.3) is 0 Å². The fraction of sp³-hybridized carbons (Fsp3) is 0. The second-order valence-corrected chi connectivity index (χ2v) is 3.71. The van der Waals surface area contributed by atoms with E-state index in [9.17, 15) is 5.11 Å². The molecule has 0 atom stereocenters. The maximum Gasteiger partial charge on any atom is 0.149 e. The molecular weight excluding hydrogens is 238 g/mol. The van der Waals surface area contributed by atoms with Crippen LogP contribution in [0.25, 0.3) is 0 Å². The highest BCUT2D eigenvalue weighted by molar-refractivity contribution is 6.33. The Hall–Kier alpha value is -2.18. The largest absolute Gasteiger partial charge is 0.506 e. The zero-order chi connectivity index (χ0) is 12.3. The SMILES string of the molecule is N#Cc1ccc(Oc2cccc(O)c2Cl)cc1. The quantitative estimate of drug-likeness (QED) is 0.878. The zero-order valence-electron chi connectivity index (χ0n) is 8.72. The number of hydrogen-bond donors (Lipinski definition) is 1. The molecule has 0 saturated heterocycles. The average molecular weight is 246 g/mol. The molecular formula is C13H8ClNO2. The molecule has 17 heavy (non-hydrogen) atoms. The third-order valence-electron chi connectivity index (χ3n) is 2.15. The molecule has 0 aliphatic rings. The first-order valence-electron chi connectivity index (χ1n) is 4.86. The summed E-state index contributed by atoms with van der Waals surface area (Å²) in [5, 5.41) is 18.2. The molecule has 2 aromatic carbocycles. The van der Waals surface area contributed by atoms with Gasteiger partial charge in [0.2, 0.25) is 0 Å². The van der Waals surface area contributed by atoms with Crippen molar-refractivity contribution in [1.82, 2.24) is 0 Å². The smallest absolute Gasteiger partial charge is 0.149 e. The van der Waals surface area contributed by atoms with Crippen molar-refractivity contribution in [3.63, 3.8) is 0 Å². The van der Waals surface area contributed by atoms with Gasteiger partial charge in [-0.3, -0.25) is 0 Å². The van der Waals surface area contributed by atoms with Gasteiger partial charge < -0.3 is 9.84 Å². The van der Waals surface area contributed by atoms with E-state index >= 15 is 0 Å². The van der Waals surface area contributed by atoms with Gasteiger partial charge in [0.05, 0.1) is 11.6 Å². The molecule has 0 spiro atoms. The Morgan fingerprint density at radius 3 is 2.47 bits per heavy atom. The summed E-state index contributed by atoms with van der Waals surface area (Å²) < 4.78 is 5.49. The van der Waals surface area contributed by atoms with Gasteiger partial charge in [0.15, 0.2) is 0 Å². The summed E-state index contributed by atoms with van der Waals surface area (Å²) in [6.45, 7) is 0. The van der Waals surface area contributed by atoms with E-state index in [2.05, 4.69) is 0 Å². The molecule has 0 unspecified atom stereocenters. The van der Waals surface area contributed by atoms with Crippen molar-refractivity contribution in [2.75, 3.05) is 0 Å². The van der Waals surface area contributed by atoms with E-state index in [-0.39, 0.29) is 10.8 Å². The molecule has 0 amide bonds. The maximum atomic E-state index is 9.41. The maximum absolute atomic E-state index is 9.41. The molecule has 1 N–H and O–H groups in total. The molecule has 0 aliphatic heterocycles. The first kappa shape index (κ1) is 11.3. The van der Waals surface area contributed by atoms with Crippen molar-refractivity contribution in [3.05, 3.63) is 53.1 Å². The number of halogens is 1. The van der Waals surface area contributed by atoms with Crippen LogP contribution in [0.4, 0.5) is 0 Å². The molecule has 2 aromatic rings. The minimum atomic E-state index is -0.0298. The lowest BCUT2D eigenvalue weighted by Gasteiger charge is -2.08. The van der Waals surface area contributed by atoms with Gasteiger partial charge in [0.1, 0.15) is 22.3 Å². The highest BCUT2D eigenvalue weighted by Crippen LogP contribution is 2.35. The fourth-order valence-corrected chi connectivity index (χ4v) is 1.47. The molecule has 0 bridgehead atoms. The molecule has 3 nitrogen and oxygen atoms in total. The van der Waals surface area contributed by atoms with Crippen LogP contribution in [-0.4, -0.2) is 5.11 Å². The summed E-state index contributed by atoms with van der Waals surface area (Å²) >= 11 is 5.87. The Kier molecular flexibility index (Phi) is 3.17. The van der Waals surface area contributed by atoms with Crippen molar-refractivity contribution in [2.45, 2.75) is 0 Å². The third-order valence-corrected chi connectivity index (χ3v) is 2.53. The van der Waals surface area contributed by atoms with Crippen LogP contribution in [0.2, 0.25) is 5.02 Å². The highest BCUT2D eigenvalue weighted by atomic mass is 35.5. The van der Waals surface area contributed by atoms with E-state index in [1.807, 2.05) is 6.07 Å². The summed E-state index contributed by atoms with van der Waals surface area (Å²) in [5.41, 5.74) is 0.555. The van der Waals surface area contributed by atoms with E-state index < -0.39 is 0 Å². The van der Waals surface area contributed by atoms with Crippen LogP contribution in [0.1, 0.15) is 5.56 Å². The van der Waals surface area contributed by atoms with Crippen LogP contribution in [0.3, 0.4) is 0 Å². The van der Waals surface area contributed by atoms with Crippen molar-refractivity contribution >= 4 is 11.6 Å². The number of phenolic OH excluding ortho intramolecular Hbond substituents is 1. The highest BCUT2D eigenvalue weighted by Gasteiger charge is 2.06. The summed E-state index contributed by atoms with van der Waals surface area (Å²) in [6, 6.07) is 13.4. The topological polar surface area (TPSA) is 53.2 Å². The normalized spacial score (nSPS) is 9.65. The van der Waals surface area contributed by atoms with Gasteiger partial charge in [-0.1, -0.05) is 17.7 Å². The molecule has 0 saturated carbocycles. The zero-order valence-corrected chi connectivity index (χ0v) is 9.48. The lowest BCUT2D eigenvalue weighted by Crippen LogP contribution is -1.85. The minimum Gasteiger partial charge on any atom is -0.506 e. The summed E-state index contributed by atoms with van der Waals surface area (Å²) in [4.78, 5) is 0. The van der Waals surface area contributed by atoms with E-state index in [1.54, 1.807) is 36.4 Å². The van der Waals surface area contributed by atoms with Gasteiger partial charge in [-0.15, -0.1) is 0 Å². The number of nitrogens with zero attached hydrogens (tertiary/aromatic N) is 1. The lowest BCUT2D eigenvalue weighted by molar-refractivity contribution is 0.455. The minimum absolute atomic E-state index is 0.0298.